The summed E-state index contributed by atoms with van der Waals surface area (Å²) in [4.78, 5) is 0. The van der Waals surface area contributed by atoms with Crippen LogP contribution in [-0.4, -0.2) is 13.2 Å². The van der Waals surface area contributed by atoms with E-state index < -0.39 is 0 Å². The number of benzene rings is 2. The van der Waals surface area contributed by atoms with E-state index in [9.17, 15) is 0 Å². The molecule has 0 fully saturated rings. The average molecular weight is 286 g/mol. The minimum absolute atomic E-state index is 0.610. The monoisotopic (exact) mass is 286 g/mol. The molecule has 0 amide bonds. The molecule has 3 N–H and O–H groups in total. The van der Waals surface area contributed by atoms with E-state index in [0.29, 0.717) is 13.2 Å². The van der Waals surface area contributed by atoms with Gasteiger partial charge in [0.15, 0.2) is 0 Å². The van der Waals surface area contributed by atoms with Crippen LogP contribution < -0.4 is 20.5 Å². The van der Waals surface area contributed by atoms with Gasteiger partial charge in [0, 0.05) is 17.4 Å². The fourth-order valence-corrected chi connectivity index (χ4v) is 2.08. The maximum atomic E-state index is 5.95. The van der Waals surface area contributed by atoms with Crippen LogP contribution in [0.3, 0.4) is 0 Å². The van der Waals surface area contributed by atoms with Crippen LogP contribution in [-0.2, 0) is 0 Å². The number of hydrogen-bond donors (Lipinski definition) is 2. The van der Waals surface area contributed by atoms with Gasteiger partial charge in [-0.25, -0.2) is 0 Å². The zero-order valence-corrected chi connectivity index (χ0v) is 12.8. The van der Waals surface area contributed by atoms with Gasteiger partial charge >= 0.3 is 0 Å². The molecule has 0 spiro atoms. The molecule has 4 nitrogen and oxygen atoms in total. The Bertz CT molecular complexity index is 612. The summed E-state index contributed by atoms with van der Waals surface area (Å²) in [6.45, 7) is 7.16. The Hall–Kier alpha value is -2.36. The smallest absolute Gasteiger partial charge is 0.142 e. The van der Waals surface area contributed by atoms with Crippen LogP contribution in [0.4, 0.5) is 17.1 Å². The van der Waals surface area contributed by atoms with Crippen LogP contribution in [0, 0.1) is 6.92 Å². The summed E-state index contributed by atoms with van der Waals surface area (Å²) in [5.41, 5.74) is 9.57. The first kappa shape index (κ1) is 15.0. The minimum Gasteiger partial charge on any atom is -0.494 e. The number of nitrogens with one attached hydrogen (secondary N) is 1. The van der Waals surface area contributed by atoms with Gasteiger partial charge in [0.25, 0.3) is 0 Å². The summed E-state index contributed by atoms with van der Waals surface area (Å²) in [7, 11) is 0. The van der Waals surface area contributed by atoms with Crippen molar-refractivity contribution in [2.24, 2.45) is 0 Å². The van der Waals surface area contributed by atoms with Gasteiger partial charge in [0.2, 0.25) is 0 Å². The van der Waals surface area contributed by atoms with E-state index in [-0.39, 0.29) is 0 Å². The van der Waals surface area contributed by atoms with Crippen molar-refractivity contribution in [3.63, 3.8) is 0 Å². The third-order valence-electron chi connectivity index (χ3n) is 3.21. The van der Waals surface area contributed by atoms with Crippen molar-refractivity contribution in [2.45, 2.75) is 20.8 Å². The number of anilines is 3. The third-order valence-corrected chi connectivity index (χ3v) is 3.21. The van der Waals surface area contributed by atoms with E-state index in [4.69, 9.17) is 15.2 Å². The van der Waals surface area contributed by atoms with Gasteiger partial charge in [-0.3, -0.25) is 0 Å². The summed E-state index contributed by atoms with van der Waals surface area (Å²) in [6, 6.07) is 11.6. The average Bonchev–Trinajstić information content (AvgIpc) is 2.47. The van der Waals surface area contributed by atoms with Gasteiger partial charge in [0.05, 0.1) is 18.9 Å². The molecule has 0 bridgehead atoms. The lowest BCUT2D eigenvalue weighted by Crippen LogP contribution is -2.01. The summed E-state index contributed by atoms with van der Waals surface area (Å²) < 4.78 is 11.2. The number of ether oxygens (including phenoxy) is 2. The highest BCUT2D eigenvalue weighted by atomic mass is 16.5. The molecule has 0 aliphatic rings. The van der Waals surface area contributed by atoms with Crippen molar-refractivity contribution in [3.05, 3.63) is 42.0 Å². The molecule has 4 heteroatoms. The van der Waals surface area contributed by atoms with E-state index in [0.717, 1.165) is 34.1 Å². The van der Waals surface area contributed by atoms with E-state index in [1.54, 1.807) is 0 Å². The van der Waals surface area contributed by atoms with Crippen LogP contribution in [0.25, 0.3) is 0 Å². The van der Waals surface area contributed by atoms with E-state index in [1.807, 2.05) is 57.2 Å². The standard InChI is InChI=1S/C17H22N2O2/c1-4-20-13-9-10-17(21-5-2)16(11-13)19-15-8-6-7-14(18)12(15)3/h6-11,19H,4-5,18H2,1-3H3. The van der Waals surface area contributed by atoms with Crippen molar-refractivity contribution in [1.29, 1.82) is 0 Å². The SMILES string of the molecule is CCOc1ccc(OCC)c(Nc2cccc(N)c2C)c1. The van der Waals surface area contributed by atoms with Crippen molar-refractivity contribution >= 4 is 17.1 Å². The Morgan fingerprint density at radius 1 is 1.00 bits per heavy atom. The van der Waals surface area contributed by atoms with Crippen molar-refractivity contribution in [2.75, 3.05) is 24.3 Å². The molecule has 2 aromatic carbocycles. The molecule has 0 aromatic heterocycles. The molecule has 0 aliphatic heterocycles. The highest BCUT2D eigenvalue weighted by Gasteiger charge is 2.08. The lowest BCUT2D eigenvalue weighted by molar-refractivity contribution is 0.332. The molecule has 2 aromatic rings. The highest BCUT2D eigenvalue weighted by molar-refractivity contribution is 5.73. The largest absolute Gasteiger partial charge is 0.494 e. The van der Waals surface area contributed by atoms with Gasteiger partial charge in [-0.2, -0.15) is 0 Å². The molecule has 0 aliphatic carbocycles. The van der Waals surface area contributed by atoms with Crippen LogP contribution in [0.5, 0.6) is 11.5 Å². The van der Waals surface area contributed by atoms with Gasteiger partial charge in [-0.15, -0.1) is 0 Å². The molecular formula is C17H22N2O2. The molecule has 2 rings (SSSR count). The van der Waals surface area contributed by atoms with Crippen molar-refractivity contribution < 1.29 is 9.47 Å². The van der Waals surface area contributed by atoms with E-state index in [2.05, 4.69) is 5.32 Å². The second kappa shape index (κ2) is 6.88. The Kier molecular flexibility index (Phi) is 4.93. The molecular weight excluding hydrogens is 264 g/mol. The highest BCUT2D eigenvalue weighted by Crippen LogP contribution is 2.33. The number of nitrogen functional groups attached to an aromatic ring is 1. The first-order valence-corrected chi connectivity index (χ1v) is 7.17. The Balaban J connectivity index is 2.35. The molecule has 0 heterocycles. The zero-order valence-electron chi connectivity index (χ0n) is 12.8. The first-order valence-electron chi connectivity index (χ1n) is 7.17. The predicted octanol–water partition coefficient (Wildman–Crippen LogP) is 4.12. The van der Waals surface area contributed by atoms with Crippen LogP contribution in [0.2, 0.25) is 0 Å². The fraction of sp³-hybridized carbons (Fsp3) is 0.294. The van der Waals surface area contributed by atoms with Crippen LogP contribution >= 0.6 is 0 Å². The molecule has 0 saturated heterocycles. The second-order valence-electron chi connectivity index (χ2n) is 4.67. The van der Waals surface area contributed by atoms with Crippen LogP contribution in [0.1, 0.15) is 19.4 Å². The fourth-order valence-electron chi connectivity index (χ4n) is 2.08. The first-order chi connectivity index (χ1) is 10.2. The van der Waals surface area contributed by atoms with E-state index >= 15 is 0 Å². The lowest BCUT2D eigenvalue weighted by atomic mass is 10.1. The molecule has 112 valence electrons. The Morgan fingerprint density at radius 2 is 1.76 bits per heavy atom. The van der Waals surface area contributed by atoms with Gasteiger partial charge < -0.3 is 20.5 Å². The van der Waals surface area contributed by atoms with Crippen molar-refractivity contribution in [3.8, 4) is 11.5 Å². The quantitative estimate of drug-likeness (QED) is 0.784. The second-order valence-corrected chi connectivity index (χ2v) is 4.67. The topological polar surface area (TPSA) is 56.5 Å². The van der Waals surface area contributed by atoms with Crippen molar-refractivity contribution in [1.82, 2.24) is 0 Å². The summed E-state index contributed by atoms with van der Waals surface area (Å²) in [6.07, 6.45) is 0. The summed E-state index contributed by atoms with van der Waals surface area (Å²) >= 11 is 0. The number of hydrogen-bond acceptors (Lipinski definition) is 4. The molecule has 0 radical (unpaired) electrons. The maximum absolute atomic E-state index is 5.95. The number of nitrogens with two attached hydrogens (primary N) is 1. The zero-order chi connectivity index (χ0) is 15.2. The third kappa shape index (κ3) is 3.60. The lowest BCUT2D eigenvalue weighted by Gasteiger charge is -2.16. The summed E-state index contributed by atoms with van der Waals surface area (Å²) in [5.74, 6) is 1.60. The maximum Gasteiger partial charge on any atom is 0.142 e. The Labute approximate surface area is 125 Å². The molecule has 0 unspecified atom stereocenters. The molecule has 21 heavy (non-hydrogen) atoms. The van der Waals surface area contributed by atoms with Gasteiger partial charge in [-0.1, -0.05) is 6.07 Å². The van der Waals surface area contributed by atoms with Gasteiger partial charge in [-0.05, 0) is 50.6 Å². The van der Waals surface area contributed by atoms with Crippen LogP contribution in [0.15, 0.2) is 36.4 Å². The summed E-state index contributed by atoms with van der Waals surface area (Å²) in [5, 5.41) is 3.38. The van der Waals surface area contributed by atoms with E-state index in [1.165, 1.54) is 0 Å². The molecule has 0 saturated carbocycles. The number of rotatable bonds is 6. The molecule has 0 atom stereocenters. The normalized spacial score (nSPS) is 10.2. The predicted molar refractivity (Wildman–Crippen MR) is 87.7 cm³/mol. The minimum atomic E-state index is 0.610. The Morgan fingerprint density at radius 3 is 2.48 bits per heavy atom. The van der Waals surface area contributed by atoms with Gasteiger partial charge in [0.1, 0.15) is 11.5 Å².